The lowest BCUT2D eigenvalue weighted by Crippen LogP contribution is -2.26. The van der Waals surface area contributed by atoms with Gasteiger partial charge in [0.05, 0.1) is 15.8 Å². The molecule has 0 aliphatic carbocycles. The lowest BCUT2D eigenvalue weighted by atomic mass is 10.2. The first-order valence-corrected chi connectivity index (χ1v) is 9.42. The van der Waals surface area contributed by atoms with E-state index < -0.39 is 10.0 Å². The third kappa shape index (κ3) is 3.35. The van der Waals surface area contributed by atoms with Gasteiger partial charge in [-0.3, -0.25) is 9.52 Å². The number of benzene rings is 2. The summed E-state index contributed by atoms with van der Waals surface area (Å²) in [4.78, 5) is 12.7. The van der Waals surface area contributed by atoms with Crippen LogP contribution < -0.4 is 10.0 Å². The molecule has 0 aromatic heterocycles. The fraction of sp³-hybridized carbons (Fsp3) is 0.188. The lowest BCUT2D eigenvalue weighted by molar-refractivity contribution is -0.115. The molecule has 2 aromatic rings. The van der Waals surface area contributed by atoms with Crippen molar-refractivity contribution in [1.82, 2.24) is 0 Å². The van der Waals surface area contributed by atoms with E-state index in [2.05, 4.69) is 10.0 Å². The molecule has 1 heterocycles. The first kappa shape index (κ1) is 15.9. The number of nitrogens with one attached hydrogen (secondary N) is 2. The van der Waals surface area contributed by atoms with E-state index in [-0.39, 0.29) is 16.1 Å². The fourth-order valence-corrected chi connectivity index (χ4v) is 4.21. The van der Waals surface area contributed by atoms with Crippen LogP contribution in [0.4, 0.5) is 11.4 Å². The Labute approximate surface area is 139 Å². The summed E-state index contributed by atoms with van der Waals surface area (Å²) in [6.45, 7) is 3.75. The van der Waals surface area contributed by atoms with Crippen molar-refractivity contribution in [2.45, 2.75) is 28.9 Å². The second-order valence-electron chi connectivity index (χ2n) is 5.38. The van der Waals surface area contributed by atoms with Crippen LogP contribution in [0.3, 0.4) is 0 Å². The molecule has 1 unspecified atom stereocenters. The van der Waals surface area contributed by atoms with Gasteiger partial charge in [-0.2, -0.15) is 0 Å². The number of fused-ring (bicyclic) bond motifs is 1. The van der Waals surface area contributed by atoms with Crippen molar-refractivity contribution in [3.63, 3.8) is 0 Å². The van der Waals surface area contributed by atoms with Gasteiger partial charge in [-0.05, 0) is 44.2 Å². The Morgan fingerprint density at radius 2 is 1.83 bits per heavy atom. The zero-order valence-electron chi connectivity index (χ0n) is 12.7. The van der Waals surface area contributed by atoms with Crippen molar-refractivity contribution in [2.24, 2.45) is 0 Å². The van der Waals surface area contributed by atoms with Crippen LogP contribution in [-0.2, 0) is 14.8 Å². The average Bonchev–Trinajstić information content (AvgIpc) is 2.50. The monoisotopic (exact) mass is 348 g/mol. The van der Waals surface area contributed by atoms with Crippen LogP contribution in [0.15, 0.2) is 52.3 Å². The third-order valence-corrected chi connectivity index (χ3v) is 6.05. The normalized spacial score (nSPS) is 17.3. The summed E-state index contributed by atoms with van der Waals surface area (Å²) >= 11 is 1.42. The van der Waals surface area contributed by atoms with Gasteiger partial charge in [0.15, 0.2) is 0 Å². The number of carbonyl (C=O) groups excluding carboxylic acids is 1. The molecule has 0 radical (unpaired) electrons. The second kappa shape index (κ2) is 5.90. The van der Waals surface area contributed by atoms with Crippen molar-refractivity contribution in [1.29, 1.82) is 0 Å². The molecular weight excluding hydrogens is 332 g/mol. The van der Waals surface area contributed by atoms with Gasteiger partial charge in [-0.15, -0.1) is 11.8 Å². The number of rotatable bonds is 3. The van der Waals surface area contributed by atoms with E-state index in [0.29, 0.717) is 11.4 Å². The summed E-state index contributed by atoms with van der Waals surface area (Å²) < 4.78 is 27.5. The van der Waals surface area contributed by atoms with Gasteiger partial charge < -0.3 is 5.32 Å². The minimum Gasteiger partial charge on any atom is -0.324 e. The Hall–Kier alpha value is -1.99. The largest absolute Gasteiger partial charge is 0.324 e. The molecule has 0 spiro atoms. The molecule has 0 bridgehead atoms. The number of sulfonamides is 1. The van der Waals surface area contributed by atoms with Gasteiger partial charge >= 0.3 is 0 Å². The highest BCUT2D eigenvalue weighted by molar-refractivity contribution is 8.01. The number of amides is 1. The molecule has 1 aliphatic rings. The molecule has 5 nitrogen and oxygen atoms in total. The van der Waals surface area contributed by atoms with E-state index >= 15 is 0 Å². The van der Waals surface area contributed by atoms with Crippen LogP contribution in [-0.4, -0.2) is 19.6 Å². The maximum absolute atomic E-state index is 12.5. The highest BCUT2D eigenvalue weighted by atomic mass is 32.2. The van der Waals surface area contributed by atoms with E-state index in [0.717, 1.165) is 10.5 Å². The predicted molar refractivity (Wildman–Crippen MR) is 92.4 cm³/mol. The first-order chi connectivity index (χ1) is 10.8. The zero-order chi connectivity index (χ0) is 16.6. The van der Waals surface area contributed by atoms with Crippen molar-refractivity contribution in [3.8, 4) is 0 Å². The molecule has 2 aromatic carbocycles. The third-order valence-electron chi connectivity index (χ3n) is 3.50. The minimum atomic E-state index is -3.70. The Kier molecular flexibility index (Phi) is 4.08. The van der Waals surface area contributed by atoms with Crippen LogP contribution in [0.5, 0.6) is 0 Å². The summed E-state index contributed by atoms with van der Waals surface area (Å²) in [5.74, 6) is -0.122. The molecule has 1 aliphatic heterocycles. The van der Waals surface area contributed by atoms with Crippen LogP contribution in [0.1, 0.15) is 12.5 Å². The Morgan fingerprint density at radius 3 is 2.52 bits per heavy atom. The van der Waals surface area contributed by atoms with E-state index in [1.807, 2.05) is 26.0 Å². The number of thioether (sulfide) groups is 1. The molecule has 1 amide bonds. The number of aryl methyl sites for hydroxylation is 1. The van der Waals surface area contributed by atoms with Crippen LogP contribution >= 0.6 is 11.8 Å². The predicted octanol–water partition coefficient (Wildman–Crippen LogP) is 3.23. The fourth-order valence-electron chi connectivity index (χ4n) is 2.19. The van der Waals surface area contributed by atoms with Crippen LogP contribution in [0.25, 0.3) is 0 Å². The molecule has 2 N–H and O–H groups in total. The topological polar surface area (TPSA) is 75.3 Å². The molecule has 120 valence electrons. The molecule has 0 fully saturated rings. The van der Waals surface area contributed by atoms with Crippen LogP contribution in [0.2, 0.25) is 0 Å². The Balaban J connectivity index is 1.90. The van der Waals surface area contributed by atoms with E-state index in [9.17, 15) is 13.2 Å². The van der Waals surface area contributed by atoms with Crippen molar-refractivity contribution in [3.05, 3.63) is 48.0 Å². The number of hydrogen-bond acceptors (Lipinski definition) is 4. The minimum absolute atomic E-state index is 0.118. The highest BCUT2D eigenvalue weighted by Gasteiger charge is 2.25. The number of anilines is 2. The maximum atomic E-state index is 12.5. The molecule has 7 heteroatoms. The quantitative estimate of drug-likeness (QED) is 0.893. The van der Waals surface area contributed by atoms with Gasteiger partial charge in [0.25, 0.3) is 10.0 Å². The van der Waals surface area contributed by atoms with E-state index in [1.165, 1.54) is 17.8 Å². The van der Waals surface area contributed by atoms with Gasteiger partial charge in [0.1, 0.15) is 0 Å². The Bertz CT molecular complexity index is 861. The maximum Gasteiger partial charge on any atom is 0.261 e. The summed E-state index contributed by atoms with van der Waals surface area (Å²) in [6, 6.07) is 11.9. The molecule has 23 heavy (non-hydrogen) atoms. The van der Waals surface area contributed by atoms with Crippen molar-refractivity contribution >= 4 is 39.1 Å². The Morgan fingerprint density at radius 1 is 1.13 bits per heavy atom. The summed E-state index contributed by atoms with van der Waals surface area (Å²) in [5, 5.41) is 2.56. The van der Waals surface area contributed by atoms with Crippen molar-refractivity contribution < 1.29 is 13.2 Å². The lowest BCUT2D eigenvalue weighted by Gasteiger charge is -2.21. The zero-order valence-corrected chi connectivity index (χ0v) is 14.3. The van der Waals surface area contributed by atoms with Crippen molar-refractivity contribution in [2.75, 3.05) is 10.0 Å². The van der Waals surface area contributed by atoms with Gasteiger partial charge in [0.2, 0.25) is 5.91 Å². The number of carbonyl (C=O) groups is 1. The number of hydrogen-bond donors (Lipinski definition) is 2. The van der Waals surface area contributed by atoms with Gasteiger partial charge in [-0.25, -0.2) is 8.42 Å². The first-order valence-electron chi connectivity index (χ1n) is 7.06. The molecule has 3 rings (SSSR count). The SMILES string of the molecule is Cc1ccc(NS(=O)(=O)c2ccc3c(c2)NC(=O)C(C)S3)cc1. The highest BCUT2D eigenvalue weighted by Crippen LogP contribution is 2.36. The van der Waals surface area contributed by atoms with Gasteiger partial charge in [0, 0.05) is 10.6 Å². The molecule has 0 saturated heterocycles. The smallest absolute Gasteiger partial charge is 0.261 e. The molecular formula is C16H16N2O3S2. The van der Waals surface area contributed by atoms with E-state index in [1.54, 1.807) is 24.3 Å². The summed E-state index contributed by atoms with van der Waals surface area (Å²) in [7, 11) is -3.70. The summed E-state index contributed by atoms with van der Waals surface area (Å²) in [5.41, 5.74) is 2.08. The molecule has 1 atom stereocenters. The van der Waals surface area contributed by atoms with E-state index in [4.69, 9.17) is 0 Å². The standard InChI is InChI=1S/C16H16N2O3S2/c1-10-3-5-12(6-4-10)18-23(20,21)13-7-8-15-14(9-13)17-16(19)11(2)22-15/h3-9,11,18H,1-2H3,(H,17,19). The van der Waals surface area contributed by atoms with Gasteiger partial charge in [-0.1, -0.05) is 17.7 Å². The second-order valence-corrected chi connectivity index (χ2v) is 8.44. The molecule has 0 saturated carbocycles. The van der Waals surface area contributed by atoms with Crippen LogP contribution in [0, 0.1) is 6.92 Å². The average molecular weight is 348 g/mol. The summed E-state index contributed by atoms with van der Waals surface area (Å²) in [6.07, 6.45) is 0.